The maximum absolute atomic E-state index is 12.6. The molecule has 0 N–H and O–H groups in total. The molecule has 3 aliphatic heterocycles. The Morgan fingerprint density at radius 1 is 1.09 bits per heavy atom. The van der Waals surface area contributed by atoms with Gasteiger partial charge in [0, 0.05) is 50.1 Å². The normalized spacial score (nSPS) is 29.6. The minimum absolute atomic E-state index is 0.263. The summed E-state index contributed by atoms with van der Waals surface area (Å²) in [5.74, 6) is 1.24. The molecule has 22 heavy (non-hydrogen) atoms. The van der Waals surface area contributed by atoms with Crippen molar-refractivity contribution in [2.75, 3.05) is 45.8 Å². The van der Waals surface area contributed by atoms with Gasteiger partial charge in [-0.05, 0) is 37.4 Å². The zero-order valence-corrected chi connectivity index (χ0v) is 13.9. The molecule has 4 rings (SSSR count). The van der Waals surface area contributed by atoms with Crippen molar-refractivity contribution in [2.24, 2.45) is 11.8 Å². The van der Waals surface area contributed by atoms with Crippen LogP contribution in [-0.2, 0) is 11.3 Å². The van der Waals surface area contributed by atoms with Crippen LogP contribution in [0.25, 0.3) is 0 Å². The molecule has 3 saturated heterocycles. The molecule has 120 valence electrons. The van der Waals surface area contributed by atoms with Gasteiger partial charge in [0.2, 0.25) is 5.91 Å². The fraction of sp³-hybridized carbons (Fsp3) is 0.706. The van der Waals surface area contributed by atoms with Crippen LogP contribution in [0.2, 0.25) is 0 Å². The van der Waals surface area contributed by atoms with E-state index < -0.39 is 0 Å². The molecule has 4 heterocycles. The zero-order valence-electron chi connectivity index (χ0n) is 13.1. The Morgan fingerprint density at radius 2 is 1.95 bits per heavy atom. The van der Waals surface area contributed by atoms with E-state index in [2.05, 4.69) is 32.2 Å². The van der Waals surface area contributed by atoms with E-state index >= 15 is 0 Å². The first-order chi connectivity index (χ1) is 10.8. The molecule has 2 atom stereocenters. The highest BCUT2D eigenvalue weighted by atomic mass is 32.1. The van der Waals surface area contributed by atoms with Gasteiger partial charge in [-0.2, -0.15) is 0 Å². The van der Waals surface area contributed by atoms with E-state index in [4.69, 9.17) is 0 Å². The lowest BCUT2D eigenvalue weighted by atomic mass is 10.0. The average Bonchev–Trinajstić information content (AvgIpc) is 3.26. The Labute approximate surface area is 136 Å². The van der Waals surface area contributed by atoms with Crippen molar-refractivity contribution in [1.29, 1.82) is 0 Å². The van der Waals surface area contributed by atoms with Crippen LogP contribution in [0.1, 0.15) is 17.7 Å². The highest BCUT2D eigenvalue weighted by Crippen LogP contribution is 2.33. The number of carbonyl (C=O) groups is 1. The number of nitrogens with zero attached hydrogens (tertiary/aromatic N) is 3. The van der Waals surface area contributed by atoms with E-state index in [1.165, 1.54) is 30.8 Å². The van der Waals surface area contributed by atoms with E-state index in [-0.39, 0.29) is 5.92 Å². The Morgan fingerprint density at radius 3 is 2.68 bits per heavy atom. The monoisotopic (exact) mass is 319 g/mol. The minimum atomic E-state index is 0.263. The van der Waals surface area contributed by atoms with Gasteiger partial charge in [0.1, 0.15) is 0 Å². The molecule has 4 nitrogen and oxygen atoms in total. The molecule has 0 radical (unpaired) electrons. The molecular weight excluding hydrogens is 294 g/mol. The molecule has 1 amide bonds. The second-order valence-electron chi connectivity index (χ2n) is 6.97. The molecule has 0 aromatic carbocycles. The van der Waals surface area contributed by atoms with Crippen LogP contribution in [0.4, 0.5) is 0 Å². The van der Waals surface area contributed by atoms with Gasteiger partial charge >= 0.3 is 0 Å². The summed E-state index contributed by atoms with van der Waals surface area (Å²) in [6.45, 7) is 8.52. The Hall–Kier alpha value is -0.910. The first kappa shape index (κ1) is 14.7. The molecule has 0 bridgehead atoms. The first-order valence-electron chi connectivity index (χ1n) is 8.55. The van der Waals surface area contributed by atoms with Gasteiger partial charge in [-0.15, -0.1) is 11.3 Å². The van der Waals surface area contributed by atoms with Crippen LogP contribution < -0.4 is 0 Å². The van der Waals surface area contributed by atoms with Crippen molar-refractivity contribution >= 4 is 17.2 Å². The number of fused-ring (bicyclic) bond motifs is 1. The molecule has 0 spiro atoms. The Balaban J connectivity index is 1.28. The van der Waals surface area contributed by atoms with Crippen LogP contribution in [0.5, 0.6) is 0 Å². The highest BCUT2D eigenvalue weighted by Gasteiger charge is 2.45. The van der Waals surface area contributed by atoms with Crippen molar-refractivity contribution in [2.45, 2.75) is 19.4 Å². The van der Waals surface area contributed by atoms with Crippen molar-refractivity contribution in [3.63, 3.8) is 0 Å². The van der Waals surface area contributed by atoms with Gasteiger partial charge in [0.05, 0.1) is 5.92 Å². The maximum Gasteiger partial charge on any atom is 0.227 e. The summed E-state index contributed by atoms with van der Waals surface area (Å²) in [6, 6.07) is 4.31. The number of thiophene rings is 1. The summed E-state index contributed by atoms with van der Waals surface area (Å²) in [4.78, 5) is 21.1. The molecule has 1 aromatic heterocycles. The summed E-state index contributed by atoms with van der Waals surface area (Å²) < 4.78 is 0. The Bertz CT molecular complexity index is 512. The summed E-state index contributed by atoms with van der Waals surface area (Å²) in [6.07, 6.45) is 2.66. The van der Waals surface area contributed by atoms with E-state index in [0.717, 1.165) is 39.3 Å². The number of carbonyl (C=O) groups excluding carboxylic acids is 1. The fourth-order valence-corrected chi connectivity index (χ4v) is 5.00. The highest BCUT2D eigenvalue weighted by molar-refractivity contribution is 7.09. The predicted molar refractivity (Wildman–Crippen MR) is 88.8 cm³/mol. The maximum atomic E-state index is 12.6. The number of likely N-dealkylation sites (tertiary alicyclic amines) is 3. The van der Waals surface area contributed by atoms with Gasteiger partial charge in [0.15, 0.2) is 0 Å². The van der Waals surface area contributed by atoms with Crippen LogP contribution in [0.3, 0.4) is 0 Å². The molecular formula is C17H25N3OS. The van der Waals surface area contributed by atoms with Crippen molar-refractivity contribution in [1.82, 2.24) is 14.7 Å². The van der Waals surface area contributed by atoms with Crippen LogP contribution in [0, 0.1) is 11.8 Å². The first-order valence-corrected chi connectivity index (χ1v) is 9.43. The van der Waals surface area contributed by atoms with Gasteiger partial charge in [-0.1, -0.05) is 6.07 Å². The van der Waals surface area contributed by atoms with Crippen LogP contribution in [0.15, 0.2) is 17.5 Å². The lowest BCUT2D eigenvalue weighted by molar-refractivity contribution is -0.131. The van der Waals surface area contributed by atoms with Crippen molar-refractivity contribution in [3.8, 4) is 0 Å². The molecule has 0 saturated carbocycles. The second kappa shape index (κ2) is 6.30. The SMILES string of the molecule is O=C1[C@@H]2CN(Cc3cccs3)C[C@@H]2CN1CCN1CCCC1. The van der Waals surface area contributed by atoms with Gasteiger partial charge in [0.25, 0.3) is 0 Å². The quantitative estimate of drug-likeness (QED) is 0.827. The summed E-state index contributed by atoms with van der Waals surface area (Å²) in [5.41, 5.74) is 0. The Kier molecular flexibility index (Phi) is 4.20. The van der Waals surface area contributed by atoms with E-state index in [1.807, 2.05) is 11.3 Å². The lowest BCUT2D eigenvalue weighted by Crippen LogP contribution is -2.37. The molecule has 5 heteroatoms. The third kappa shape index (κ3) is 2.94. The number of amides is 1. The molecule has 1 aromatic rings. The number of rotatable bonds is 5. The lowest BCUT2D eigenvalue weighted by Gasteiger charge is -2.23. The second-order valence-corrected chi connectivity index (χ2v) is 8.01. The zero-order chi connectivity index (χ0) is 14.9. The van der Waals surface area contributed by atoms with Crippen molar-refractivity contribution in [3.05, 3.63) is 22.4 Å². The number of hydrogen-bond acceptors (Lipinski definition) is 4. The predicted octanol–water partition coefficient (Wildman–Crippen LogP) is 1.73. The van der Waals surface area contributed by atoms with E-state index in [0.29, 0.717) is 11.8 Å². The molecule has 3 fully saturated rings. The largest absolute Gasteiger partial charge is 0.341 e. The standard InChI is InChI=1S/C17H25N3OS/c21-17-16-13-19(12-15-4-3-9-22-15)10-14(16)11-20(17)8-7-18-5-1-2-6-18/h3-4,9,14,16H,1-2,5-8,10-13H2/t14-,16-/m1/s1. The minimum Gasteiger partial charge on any atom is -0.341 e. The topological polar surface area (TPSA) is 26.8 Å². The molecule has 3 aliphatic rings. The third-order valence-corrected chi connectivity index (χ3v) is 6.31. The fourth-order valence-electron chi connectivity index (χ4n) is 4.25. The summed E-state index contributed by atoms with van der Waals surface area (Å²) in [7, 11) is 0. The van der Waals surface area contributed by atoms with E-state index in [9.17, 15) is 4.79 Å². The molecule has 0 aliphatic carbocycles. The third-order valence-electron chi connectivity index (χ3n) is 5.44. The number of hydrogen-bond donors (Lipinski definition) is 0. The van der Waals surface area contributed by atoms with Crippen molar-refractivity contribution < 1.29 is 4.79 Å². The summed E-state index contributed by atoms with van der Waals surface area (Å²) >= 11 is 1.82. The van der Waals surface area contributed by atoms with E-state index in [1.54, 1.807) is 0 Å². The average molecular weight is 319 g/mol. The van der Waals surface area contributed by atoms with Crippen LogP contribution in [-0.4, -0.2) is 66.4 Å². The van der Waals surface area contributed by atoms with Gasteiger partial charge in [-0.3, -0.25) is 9.69 Å². The summed E-state index contributed by atoms with van der Waals surface area (Å²) in [5, 5.41) is 2.14. The molecule has 0 unspecified atom stereocenters. The van der Waals surface area contributed by atoms with Gasteiger partial charge < -0.3 is 9.80 Å². The van der Waals surface area contributed by atoms with Crippen LogP contribution >= 0.6 is 11.3 Å². The smallest absolute Gasteiger partial charge is 0.227 e. The van der Waals surface area contributed by atoms with Gasteiger partial charge in [-0.25, -0.2) is 0 Å².